The third-order valence-corrected chi connectivity index (χ3v) is 1.60. The second kappa shape index (κ2) is 3.39. The molecule has 0 aromatic heterocycles. The smallest absolute Gasteiger partial charge is 0.0966 e. The van der Waals surface area contributed by atoms with E-state index in [0.717, 1.165) is 18.7 Å². The van der Waals surface area contributed by atoms with Crippen LogP contribution in [0.1, 0.15) is 13.3 Å². The first kappa shape index (κ1) is 8.07. The quantitative estimate of drug-likeness (QED) is 0.350. The van der Waals surface area contributed by atoms with Gasteiger partial charge in [-0.3, -0.25) is 15.7 Å². The second-order valence-electron chi connectivity index (χ2n) is 2.49. The van der Waals surface area contributed by atoms with Crippen LogP contribution in [-0.4, -0.2) is 24.4 Å². The van der Waals surface area contributed by atoms with Crippen molar-refractivity contribution in [1.29, 1.82) is 5.41 Å². The molecule has 4 heteroatoms. The Morgan fingerprint density at radius 1 is 1.82 bits per heavy atom. The van der Waals surface area contributed by atoms with Gasteiger partial charge in [-0.1, -0.05) is 0 Å². The summed E-state index contributed by atoms with van der Waals surface area (Å²) in [6.45, 7) is 2.65. The Hall–Kier alpha value is -1.03. The predicted octanol–water partition coefficient (Wildman–Crippen LogP) is 0.682. The Morgan fingerprint density at radius 2 is 2.55 bits per heavy atom. The number of amidine groups is 1. The lowest BCUT2D eigenvalue weighted by atomic mass is 10.4. The van der Waals surface area contributed by atoms with Crippen LogP contribution in [0.4, 0.5) is 0 Å². The highest BCUT2D eigenvalue weighted by Gasteiger charge is 2.12. The largest absolute Gasteiger partial charge is 0.335 e. The first-order valence-electron chi connectivity index (χ1n) is 3.55. The number of nitrogens with one attached hydrogen (secondary N) is 2. The average Bonchev–Trinajstić information content (AvgIpc) is 2.37. The molecule has 1 heterocycles. The van der Waals surface area contributed by atoms with Crippen LogP contribution in [0.25, 0.3) is 0 Å². The summed E-state index contributed by atoms with van der Waals surface area (Å²) in [4.78, 5) is 6.61. The van der Waals surface area contributed by atoms with Crippen LogP contribution in [0.5, 0.6) is 0 Å². The fraction of sp³-hybridized carbons (Fsp3) is 0.571. The molecule has 0 saturated heterocycles. The summed E-state index contributed by atoms with van der Waals surface area (Å²) in [5, 5.41) is 7.33. The zero-order valence-corrected chi connectivity index (χ0v) is 6.85. The Kier molecular flexibility index (Phi) is 2.48. The fourth-order valence-electron chi connectivity index (χ4n) is 1.03. The molecular formula is C7H13N3O. The average molecular weight is 155 g/mol. The van der Waals surface area contributed by atoms with E-state index in [1.54, 1.807) is 14.0 Å². The molecule has 11 heavy (non-hydrogen) atoms. The highest BCUT2D eigenvalue weighted by molar-refractivity contribution is 5.77. The van der Waals surface area contributed by atoms with Gasteiger partial charge in [0.05, 0.1) is 18.6 Å². The molecule has 2 N–H and O–H groups in total. The molecule has 0 aromatic carbocycles. The molecule has 62 valence electrons. The molecule has 4 nitrogen and oxygen atoms in total. The Balaban J connectivity index is 2.47. The fourth-order valence-corrected chi connectivity index (χ4v) is 1.03. The molecule has 1 aliphatic rings. The topological polar surface area (TPSA) is 48.4 Å². The number of hydroxylamine groups is 1. The lowest BCUT2D eigenvalue weighted by Gasteiger charge is -2.10. The van der Waals surface area contributed by atoms with Gasteiger partial charge in [0.2, 0.25) is 0 Å². The Labute approximate surface area is 66.3 Å². The summed E-state index contributed by atoms with van der Waals surface area (Å²) >= 11 is 0. The molecule has 0 radical (unpaired) electrons. The minimum absolute atomic E-state index is 0.568. The summed E-state index contributed by atoms with van der Waals surface area (Å²) < 4.78 is 0. The lowest BCUT2D eigenvalue weighted by Crippen LogP contribution is -2.18. The van der Waals surface area contributed by atoms with Gasteiger partial charge in [-0.05, 0) is 6.92 Å². The zero-order valence-electron chi connectivity index (χ0n) is 6.85. The van der Waals surface area contributed by atoms with Crippen molar-refractivity contribution < 1.29 is 4.84 Å². The maximum Gasteiger partial charge on any atom is 0.0966 e. The van der Waals surface area contributed by atoms with Crippen molar-refractivity contribution in [1.82, 2.24) is 10.4 Å². The summed E-state index contributed by atoms with van der Waals surface area (Å²) in [5.41, 5.74) is 3.78. The summed E-state index contributed by atoms with van der Waals surface area (Å²) in [5.74, 6) is 0.568. The van der Waals surface area contributed by atoms with Crippen molar-refractivity contribution in [3.63, 3.8) is 0 Å². The molecule has 0 atom stereocenters. The van der Waals surface area contributed by atoms with Crippen molar-refractivity contribution in [2.24, 2.45) is 0 Å². The molecular weight excluding hydrogens is 142 g/mol. The van der Waals surface area contributed by atoms with Crippen LogP contribution in [0.15, 0.2) is 11.9 Å². The predicted molar refractivity (Wildman–Crippen MR) is 43.0 cm³/mol. The summed E-state index contributed by atoms with van der Waals surface area (Å²) in [7, 11) is 1.58. The van der Waals surface area contributed by atoms with Gasteiger partial charge in [0, 0.05) is 19.2 Å². The number of nitrogens with zero attached hydrogens (tertiary/aromatic N) is 1. The number of hydrogen-bond acceptors (Lipinski definition) is 3. The molecule has 0 amide bonds. The van der Waals surface area contributed by atoms with E-state index in [9.17, 15) is 0 Å². The van der Waals surface area contributed by atoms with Gasteiger partial charge in [-0.2, -0.15) is 0 Å². The maximum atomic E-state index is 7.33. The molecule has 0 aliphatic carbocycles. The number of rotatable bonds is 2. The SMILES string of the molecule is CONC1=CN(C(C)=N)CC1. The minimum atomic E-state index is 0.568. The van der Waals surface area contributed by atoms with Crippen LogP contribution >= 0.6 is 0 Å². The maximum absolute atomic E-state index is 7.33. The molecule has 1 aliphatic heterocycles. The van der Waals surface area contributed by atoms with Crippen molar-refractivity contribution >= 4 is 5.84 Å². The van der Waals surface area contributed by atoms with Crippen molar-refractivity contribution in [2.45, 2.75) is 13.3 Å². The van der Waals surface area contributed by atoms with Crippen LogP contribution in [0.3, 0.4) is 0 Å². The first-order chi connectivity index (χ1) is 5.24. The highest BCUT2D eigenvalue weighted by Crippen LogP contribution is 2.10. The van der Waals surface area contributed by atoms with Crippen molar-refractivity contribution in [2.75, 3.05) is 13.7 Å². The van der Waals surface area contributed by atoms with E-state index in [-0.39, 0.29) is 0 Å². The third kappa shape index (κ3) is 1.94. The molecule has 0 aromatic rings. The van der Waals surface area contributed by atoms with Gasteiger partial charge in [-0.25, -0.2) is 0 Å². The van der Waals surface area contributed by atoms with Gasteiger partial charge in [-0.15, -0.1) is 0 Å². The normalized spacial score (nSPS) is 16.5. The van der Waals surface area contributed by atoms with Crippen molar-refractivity contribution in [3.05, 3.63) is 11.9 Å². The lowest BCUT2D eigenvalue weighted by molar-refractivity contribution is 0.116. The van der Waals surface area contributed by atoms with E-state index in [1.165, 1.54) is 0 Å². The van der Waals surface area contributed by atoms with Crippen LogP contribution in [0, 0.1) is 5.41 Å². The molecule has 0 bridgehead atoms. The van der Waals surface area contributed by atoms with Gasteiger partial charge in [0.15, 0.2) is 0 Å². The first-order valence-corrected chi connectivity index (χ1v) is 3.55. The van der Waals surface area contributed by atoms with Gasteiger partial charge >= 0.3 is 0 Å². The third-order valence-electron chi connectivity index (χ3n) is 1.60. The summed E-state index contributed by atoms with van der Waals surface area (Å²) in [6, 6.07) is 0. The van der Waals surface area contributed by atoms with E-state index in [4.69, 9.17) is 10.2 Å². The standard InChI is InChI=1S/C7H13N3O/c1-6(8)10-4-3-7(5-10)9-11-2/h5,8-9H,3-4H2,1-2H3. The van der Waals surface area contributed by atoms with E-state index < -0.39 is 0 Å². The number of hydrogen-bond donors (Lipinski definition) is 2. The van der Waals surface area contributed by atoms with Gasteiger partial charge in [0.1, 0.15) is 0 Å². The van der Waals surface area contributed by atoms with Crippen LogP contribution < -0.4 is 5.48 Å². The van der Waals surface area contributed by atoms with E-state index >= 15 is 0 Å². The van der Waals surface area contributed by atoms with Gasteiger partial charge in [0.25, 0.3) is 0 Å². The Bertz CT molecular complexity index is 188. The summed E-state index contributed by atoms with van der Waals surface area (Å²) in [6.07, 6.45) is 2.82. The molecule has 1 rings (SSSR count). The monoisotopic (exact) mass is 155 g/mol. The van der Waals surface area contributed by atoms with Crippen LogP contribution in [-0.2, 0) is 4.84 Å². The van der Waals surface area contributed by atoms with Crippen LogP contribution in [0.2, 0.25) is 0 Å². The highest BCUT2D eigenvalue weighted by atomic mass is 16.6. The molecule has 0 spiro atoms. The van der Waals surface area contributed by atoms with E-state index in [1.807, 2.05) is 11.1 Å². The van der Waals surface area contributed by atoms with E-state index in [0.29, 0.717) is 5.84 Å². The Morgan fingerprint density at radius 3 is 3.00 bits per heavy atom. The molecule has 0 saturated carbocycles. The molecule has 0 unspecified atom stereocenters. The second-order valence-corrected chi connectivity index (χ2v) is 2.49. The van der Waals surface area contributed by atoms with Gasteiger partial charge < -0.3 is 4.90 Å². The minimum Gasteiger partial charge on any atom is -0.335 e. The zero-order chi connectivity index (χ0) is 8.27. The van der Waals surface area contributed by atoms with Crippen molar-refractivity contribution in [3.8, 4) is 0 Å². The molecule has 0 fully saturated rings. The van der Waals surface area contributed by atoms with E-state index in [2.05, 4.69) is 5.48 Å².